The predicted molar refractivity (Wildman–Crippen MR) is 84.9 cm³/mol. The van der Waals surface area contributed by atoms with Crippen molar-refractivity contribution >= 4 is 12.2 Å². The average Bonchev–Trinajstić information content (AvgIpc) is 2.82. The quantitative estimate of drug-likeness (QED) is 0.457. The van der Waals surface area contributed by atoms with E-state index in [2.05, 4.69) is 20.7 Å². The van der Waals surface area contributed by atoms with Gasteiger partial charge in [0.2, 0.25) is 0 Å². The first-order valence-electron chi connectivity index (χ1n) is 7.01. The molecule has 0 saturated heterocycles. The Bertz CT molecular complexity index is 653. The molecule has 0 unspecified atom stereocenters. The van der Waals surface area contributed by atoms with Crippen LogP contribution in [0.1, 0.15) is 25.2 Å². The third-order valence-electron chi connectivity index (χ3n) is 2.81. The molecule has 118 valence electrons. The van der Waals surface area contributed by atoms with Gasteiger partial charge in [-0.15, -0.1) is 10.2 Å². The predicted octanol–water partition coefficient (Wildman–Crippen LogP) is 1.54. The SMILES string of the molecule is CCOc1ccc(C=NNc2nnc(C)n2N)cc1OCC. The Labute approximate surface area is 128 Å². The number of nitrogen functional groups attached to an aromatic ring is 1. The molecular weight excluding hydrogens is 284 g/mol. The van der Waals surface area contributed by atoms with E-state index >= 15 is 0 Å². The van der Waals surface area contributed by atoms with Gasteiger partial charge in [0.15, 0.2) is 17.3 Å². The van der Waals surface area contributed by atoms with E-state index in [1.807, 2.05) is 32.0 Å². The van der Waals surface area contributed by atoms with Crippen molar-refractivity contribution in [1.29, 1.82) is 0 Å². The summed E-state index contributed by atoms with van der Waals surface area (Å²) in [6.07, 6.45) is 1.64. The molecular formula is C14H20N6O2. The van der Waals surface area contributed by atoms with Crippen LogP contribution in [0.5, 0.6) is 11.5 Å². The number of aromatic nitrogens is 3. The molecule has 1 heterocycles. The Balaban J connectivity index is 2.10. The second-order valence-electron chi connectivity index (χ2n) is 4.38. The van der Waals surface area contributed by atoms with Crippen LogP contribution < -0.4 is 20.7 Å². The largest absolute Gasteiger partial charge is 0.490 e. The summed E-state index contributed by atoms with van der Waals surface area (Å²) < 4.78 is 12.4. The van der Waals surface area contributed by atoms with E-state index in [0.717, 1.165) is 5.56 Å². The second-order valence-corrected chi connectivity index (χ2v) is 4.38. The molecule has 0 fully saturated rings. The molecule has 2 rings (SSSR count). The lowest BCUT2D eigenvalue weighted by molar-refractivity contribution is 0.288. The van der Waals surface area contributed by atoms with E-state index < -0.39 is 0 Å². The average molecular weight is 304 g/mol. The van der Waals surface area contributed by atoms with Crippen LogP contribution in [0, 0.1) is 6.92 Å². The molecule has 0 aliphatic carbocycles. The van der Waals surface area contributed by atoms with Crippen molar-refractivity contribution in [1.82, 2.24) is 14.9 Å². The van der Waals surface area contributed by atoms with Gasteiger partial charge in [-0.2, -0.15) is 5.10 Å². The van der Waals surface area contributed by atoms with Gasteiger partial charge in [0.1, 0.15) is 0 Å². The third kappa shape index (κ3) is 3.66. The zero-order chi connectivity index (χ0) is 15.9. The maximum Gasteiger partial charge on any atom is 0.263 e. The van der Waals surface area contributed by atoms with Crippen LogP contribution in [0.2, 0.25) is 0 Å². The van der Waals surface area contributed by atoms with Gasteiger partial charge in [-0.3, -0.25) is 0 Å². The van der Waals surface area contributed by atoms with Gasteiger partial charge in [0, 0.05) is 0 Å². The highest BCUT2D eigenvalue weighted by atomic mass is 16.5. The zero-order valence-electron chi connectivity index (χ0n) is 12.9. The van der Waals surface area contributed by atoms with E-state index in [-0.39, 0.29) is 0 Å². The zero-order valence-corrected chi connectivity index (χ0v) is 12.9. The number of ether oxygens (including phenoxy) is 2. The Morgan fingerprint density at radius 1 is 1.23 bits per heavy atom. The Morgan fingerprint density at radius 3 is 2.59 bits per heavy atom. The first-order valence-corrected chi connectivity index (χ1v) is 7.01. The molecule has 0 aliphatic heterocycles. The number of hydrogen-bond acceptors (Lipinski definition) is 7. The van der Waals surface area contributed by atoms with Crippen molar-refractivity contribution in [2.45, 2.75) is 20.8 Å². The summed E-state index contributed by atoms with van der Waals surface area (Å²) in [7, 11) is 0. The van der Waals surface area contributed by atoms with Gasteiger partial charge in [0.25, 0.3) is 5.95 Å². The van der Waals surface area contributed by atoms with Crippen LogP contribution in [-0.2, 0) is 0 Å². The van der Waals surface area contributed by atoms with E-state index in [1.54, 1.807) is 13.1 Å². The lowest BCUT2D eigenvalue weighted by atomic mass is 10.2. The normalized spacial score (nSPS) is 10.9. The monoisotopic (exact) mass is 304 g/mol. The number of nitrogens with zero attached hydrogens (tertiary/aromatic N) is 4. The van der Waals surface area contributed by atoms with Gasteiger partial charge < -0.3 is 15.3 Å². The van der Waals surface area contributed by atoms with E-state index in [9.17, 15) is 0 Å². The summed E-state index contributed by atoms with van der Waals surface area (Å²) in [4.78, 5) is 0. The first-order chi connectivity index (χ1) is 10.7. The van der Waals surface area contributed by atoms with E-state index in [1.165, 1.54) is 4.68 Å². The summed E-state index contributed by atoms with van der Waals surface area (Å²) >= 11 is 0. The summed E-state index contributed by atoms with van der Waals surface area (Å²) in [6, 6.07) is 5.60. The van der Waals surface area contributed by atoms with E-state index in [4.69, 9.17) is 15.3 Å². The maximum absolute atomic E-state index is 5.72. The standard InChI is InChI=1S/C14H20N6O2/c1-4-21-12-7-6-11(8-13(12)22-5-2)9-16-18-14-19-17-10(3)20(14)15/h6-9H,4-5,15H2,1-3H3,(H,18,19). The molecule has 8 nitrogen and oxygen atoms in total. The number of nitrogens with two attached hydrogens (primary N) is 1. The highest BCUT2D eigenvalue weighted by molar-refractivity contribution is 5.81. The Morgan fingerprint density at radius 2 is 1.95 bits per heavy atom. The molecule has 0 spiro atoms. The van der Waals surface area contributed by atoms with Crippen LogP contribution in [0.4, 0.5) is 5.95 Å². The molecule has 0 saturated carbocycles. The van der Waals surface area contributed by atoms with Crippen LogP contribution in [0.3, 0.4) is 0 Å². The number of hydrazone groups is 1. The van der Waals surface area contributed by atoms with Crippen molar-refractivity contribution in [3.63, 3.8) is 0 Å². The summed E-state index contributed by atoms with van der Waals surface area (Å²) in [6.45, 7) is 6.76. The fraction of sp³-hybridized carbons (Fsp3) is 0.357. The third-order valence-corrected chi connectivity index (χ3v) is 2.81. The van der Waals surface area contributed by atoms with Crippen molar-refractivity contribution in [2.24, 2.45) is 5.10 Å². The number of anilines is 1. The molecule has 0 aliphatic rings. The number of rotatable bonds is 7. The molecule has 3 N–H and O–H groups in total. The number of hydrogen-bond donors (Lipinski definition) is 2. The molecule has 1 aromatic carbocycles. The molecule has 8 heteroatoms. The Hall–Kier alpha value is -2.77. The van der Waals surface area contributed by atoms with Crippen LogP contribution in [0.25, 0.3) is 0 Å². The fourth-order valence-electron chi connectivity index (χ4n) is 1.76. The van der Waals surface area contributed by atoms with E-state index in [0.29, 0.717) is 36.5 Å². The minimum absolute atomic E-state index is 0.365. The number of nitrogens with one attached hydrogen (secondary N) is 1. The van der Waals surface area contributed by atoms with Gasteiger partial charge in [-0.1, -0.05) is 0 Å². The summed E-state index contributed by atoms with van der Waals surface area (Å²) in [5.41, 5.74) is 3.60. The van der Waals surface area contributed by atoms with Crippen molar-refractivity contribution in [3.8, 4) is 11.5 Å². The molecule has 1 aromatic heterocycles. The van der Waals surface area contributed by atoms with Crippen LogP contribution in [0.15, 0.2) is 23.3 Å². The summed E-state index contributed by atoms with van der Waals surface area (Å²) in [5.74, 6) is 8.08. The first kappa shape index (κ1) is 15.6. The molecule has 0 amide bonds. The van der Waals surface area contributed by atoms with Gasteiger partial charge >= 0.3 is 0 Å². The van der Waals surface area contributed by atoms with Crippen molar-refractivity contribution in [2.75, 3.05) is 24.5 Å². The van der Waals surface area contributed by atoms with Gasteiger partial charge in [0.05, 0.1) is 19.4 Å². The van der Waals surface area contributed by atoms with Gasteiger partial charge in [-0.05, 0) is 44.5 Å². The smallest absolute Gasteiger partial charge is 0.263 e. The summed E-state index contributed by atoms with van der Waals surface area (Å²) in [5, 5.41) is 11.8. The highest BCUT2D eigenvalue weighted by Crippen LogP contribution is 2.27. The molecule has 22 heavy (non-hydrogen) atoms. The topological polar surface area (TPSA) is 99.6 Å². The lowest BCUT2D eigenvalue weighted by Crippen LogP contribution is -2.13. The molecule has 0 bridgehead atoms. The van der Waals surface area contributed by atoms with Crippen LogP contribution in [-0.4, -0.2) is 34.3 Å². The molecule has 0 radical (unpaired) electrons. The maximum atomic E-state index is 5.72. The lowest BCUT2D eigenvalue weighted by Gasteiger charge is -2.11. The molecule has 2 aromatic rings. The number of benzene rings is 1. The Kier molecular flexibility index (Phi) is 5.18. The van der Waals surface area contributed by atoms with Crippen molar-refractivity contribution < 1.29 is 9.47 Å². The number of aryl methyl sites for hydroxylation is 1. The fourth-order valence-corrected chi connectivity index (χ4v) is 1.76. The molecule has 0 atom stereocenters. The minimum atomic E-state index is 0.365. The highest BCUT2D eigenvalue weighted by Gasteiger charge is 2.06. The van der Waals surface area contributed by atoms with Crippen LogP contribution >= 0.6 is 0 Å². The minimum Gasteiger partial charge on any atom is -0.490 e. The van der Waals surface area contributed by atoms with Crippen molar-refractivity contribution in [3.05, 3.63) is 29.6 Å². The van der Waals surface area contributed by atoms with Gasteiger partial charge in [-0.25, -0.2) is 10.1 Å². The second kappa shape index (κ2) is 7.30.